The number of nitrogens with zero attached hydrogens (tertiary/aromatic N) is 2. The summed E-state index contributed by atoms with van der Waals surface area (Å²) < 4.78 is 0. The summed E-state index contributed by atoms with van der Waals surface area (Å²) in [4.78, 5) is 16.5. The van der Waals surface area contributed by atoms with Crippen molar-refractivity contribution in [1.29, 1.82) is 0 Å². The van der Waals surface area contributed by atoms with Gasteiger partial charge in [-0.05, 0) is 20.0 Å². The number of hydrogen-bond donors (Lipinski definition) is 1. The molecule has 0 spiro atoms. The zero-order valence-electron chi connectivity index (χ0n) is 11.8. The van der Waals surface area contributed by atoms with E-state index in [1.165, 1.54) is 0 Å². The Morgan fingerprint density at radius 3 is 2.29 bits per heavy atom. The molecule has 4 nitrogen and oxygen atoms in total. The van der Waals surface area contributed by atoms with Crippen LogP contribution >= 0.6 is 0 Å². The molecule has 1 saturated heterocycles. The summed E-state index contributed by atoms with van der Waals surface area (Å²) in [7, 11) is 2.17. The highest BCUT2D eigenvalue weighted by molar-refractivity contribution is 5.81. The van der Waals surface area contributed by atoms with Gasteiger partial charge in [-0.2, -0.15) is 0 Å². The van der Waals surface area contributed by atoms with Crippen molar-refractivity contribution in [3.05, 3.63) is 0 Å². The molecule has 0 radical (unpaired) electrons. The van der Waals surface area contributed by atoms with Crippen LogP contribution in [0.15, 0.2) is 0 Å². The summed E-state index contributed by atoms with van der Waals surface area (Å²) in [6.07, 6.45) is 1.05. The second-order valence-electron chi connectivity index (χ2n) is 6.00. The summed E-state index contributed by atoms with van der Waals surface area (Å²) in [5.74, 6) is 0.149. The Labute approximate surface area is 105 Å². The van der Waals surface area contributed by atoms with Crippen molar-refractivity contribution < 1.29 is 4.79 Å². The molecule has 0 unspecified atom stereocenters. The van der Waals surface area contributed by atoms with Crippen LogP contribution in [0.4, 0.5) is 0 Å². The number of likely N-dealkylation sites (N-methyl/N-ethyl adjacent to an activating group) is 1. The van der Waals surface area contributed by atoms with Gasteiger partial charge in [-0.15, -0.1) is 0 Å². The van der Waals surface area contributed by atoms with Gasteiger partial charge in [-0.1, -0.05) is 20.8 Å². The molecular formula is C13H27N3O. The molecule has 1 rings (SSSR count). The summed E-state index contributed by atoms with van der Waals surface area (Å²) in [5.41, 5.74) is -0.270. The zero-order chi connectivity index (χ0) is 12.9. The number of piperazine rings is 1. The Kier molecular flexibility index (Phi) is 5.40. The molecule has 17 heavy (non-hydrogen) atoms. The highest BCUT2D eigenvalue weighted by Crippen LogP contribution is 2.12. The molecule has 4 heteroatoms. The van der Waals surface area contributed by atoms with Crippen molar-refractivity contribution >= 4 is 5.91 Å². The first kappa shape index (κ1) is 14.5. The number of amides is 1. The molecule has 1 fully saturated rings. The van der Waals surface area contributed by atoms with Crippen LogP contribution in [0.3, 0.4) is 0 Å². The quantitative estimate of drug-likeness (QED) is 0.739. The predicted octanol–water partition coefficient (Wildman–Crippen LogP) is 0.786. The molecule has 1 aliphatic rings. The van der Waals surface area contributed by atoms with Gasteiger partial charge in [-0.3, -0.25) is 4.79 Å². The number of rotatable bonds is 4. The number of nitrogens with one attached hydrogen (secondary N) is 1. The van der Waals surface area contributed by atoms with Crippen molar-refractivity contribution in [2.75, 3.05) is 46.3 Å². The Hall–Kier alpha value is -0.610. The van der Waals surface area contributed by atoms with Crippen molar-refractivity contribution in [2.45, 2.75) is 27.2 Å². The standard InChI is InChI=1S/C13H27N3O/c1-13(2,3)12(17)14-6-5-7-16-10-8-15(4)9-11-16/h5-11H2,1-4H3,(H,14,17). The second kappa shape index (κ2) is 6.36. The van der Waals surface area contributed by atoms with Crippen molar-refractivity contribution in [3.63, 3.8) is 0 Å². The maximum atomic E-state index is 11.6. The van der Waals surface area contributed by atoms with Crippen LogP contribution in [0.2, 0.25) is 0 Å². The third-order valence-corrected chi connectivity index (χ3v) is 3.21. The van der Waals surface area contributed by atoms with Gasteiger partial charge in [0.1, 0.15) is 0 Å². The Morgan fingerprint density at radius 1 is 1.18 bits per heavy atom. The largest absolute Gasteiger partial charge is 0.356 e. The van der Waals surface area contributed by atoms with Crippen molar-refractivity contribution in [3.8, 4) is 0 Å². The van der Waals surface area contributed by atoms with E-state index in [1.54, 1.807) is 0 Å². The SMILES string of the molecule is CN1CCN(CCCNC(=O)C(C)(C)C)CC1. The van der Waals surface area contributed by atoms with E-state index in [4.69, 9.17) is 0 Å². The lowest BCUT2D eigenvalue weighted by atomic mass is 9.96. The number of carbonyl (C=O) groups excluding carboxylic acids is 1. The lowest BCUT2D eigenvalue weighted by Crippen LogP contribution is -2.45. The first-order valence-corrected chi connectivity index (χ1v) is 6.59. The van der Waals surface area contributed by atoms with Gasteiger partial charge >= 0.3 is 0 Å². The molecule has 0 aromatic carbocycles. The minimum atomic E-state index is -0.270. The second-order valence-corrected chi connectivity index (χ2v) is 6.00. The van der Waals surface area contributed by atoms with Crippen LogP contribution in [0.5, 0.6) is 0 Å². The summed E-state index contributed by atoms with van der Waals surface area (Å²) in [6.45, 7) is 12.4. The highest BCUT2D eigenvalue weighted by Gasteiger charge is 2.20. The summed E-state index contributed by atoms with van der Waals surface area (Å²) >= 11 is 0. The van der Waals surface area contributed by atoms with Crippen LogP contribution in [0.25, 0.3) is 0 Å². The van der Waals surface area contributed by atoms with Gasteiger partial charge in [0.25, 0.3) is 0 Å². The Morgan fingerprint density at radius 2 is 1.76 bits per heavy atom. The molecule has 0 aromatic rings. The normalized spacial score (nSPS) is 19.3. The molecule has 1 heterocycles. The van der Waals surface area contributed by atoms with E-state index in [0.29, 0.717) is 0 Å². The Balaban J connectivity index is 2.07. The van der Waals surface area contributed by atoms with Gasteiger partial charge < -0.3 is 15.1 Å². The lowest BCUT2D eigenvalue weighted by Gasteiger charge is -2.32. The molecule has 0 saturated carbocycles. The Bertz CT molecular complexity index is 240. The van der Waals surface area contributed by atoms with Crippen LogP contribution in [0.1, 0.15) is 27.2 Å². The van der Waals surface area contributed by atoms with Gasteiger partial charge in [0.2, 0.25) is 5.91 Å². The van der Waals surface area contributed by atoms with Crippen LogP contribution in [0, 0.1) is 5.41 Å². The van der Waals surface area contributed by atoms with Crippen molar-refractivity contribution in [1.82, 2.24) is 15.1 Å². The number of carbonyl (C=O) groups is 1. The van der Waals surface area contributed by atoms with E-state index >= 15 is 0 Å². The molecule has 0 atom stereocenters. The highest BCUT2D eigenvalue weighted by atomic mass is 16.2. The van der Waals surface area contributed by atoms with E-state index in [9.17, 15) is 4.79 Å². The van der Waals surface area contributed by atoms with Crippen LogP contribution in [-0.2, 0) is 4.79 Å². The predicted molar refractivity (Wildman–Crippen MR) is 71.0 cm³/mol. The molecule has 0 bridgehead atoms. The summed E-state index contributed by atoms with van der Waals surface area (Å²) in [6, 6.07) is 0. The van der Waals surface area contributed by atoms with Gasteiger partial charge in [0, 0.05) is 38.1 Å². The minimum Gasteiger partial charge on any atom is -0.356 e. The van der Waals surface area contributed by atoms with Gasteiger partial charge in [0.05, 0.1) is 0 Å². The molecule has 0 aromatic heterocycles. The fourth-order valence-corrected chi connectivity index (χ4v) is 1.84. The average molecular weight is 241 g/mol. The number of hydrogen-bond acceptors (Lipinski definition) is 3. The first-order chi connectivity index (χ1) is 7.89. The third kappa shape index (κ3) is 5.50. The molecule has 1 N–H and O–H groups in total. The topological polar surface area (TPSA) is 35.6 Å². The summed E-state index contributed by atoms with van der Waals surface area (Å²) in [5, 5.41) is 2.99. The lowest BCUT2D eigenvalue weighted by molar-refractivity contribution is -0.128. The third-order valence-electron chi connectivity index (χ3n) is 3.21. The smallest absolute Gasteiger partial charge is 0.225 e. The molecule has 1 aliphatic heterocycles. The molecule has 0 aliphatic carbocycles. The van der Waals surface area contributed by atoms with Gasteiger partial charge in [0.15, 0.2) is 0 Å². The molecule has 100 valence electrons. The fourth-order valence-electron chi connectivity index (χ4n) is 1.84. The van der Waals surface area contributed by atoms with E-state index in [2.05, 4.69) is 22.2 Å². The monoisotopic (exact) mass is 241 g/mol. The maximum absolute atomic E-state index is 11.6. The van der Waals surface area contributed by atoms with E-state index in [0.717, 1.165) is 45.7 Å². The zero-order valence-corrected chi connectivity index (χ0v) is 11.8. The van der Waals surface area contributed by atoms with Crippen LogP contribution in [-0.4, -0.2) is 62.0 Å². The van der Waals surface area contributed by atoms with Gasteiger partial charge in [-0.25, -0.2) is 0 Å². The van der Waals surface area contributed by atoms with Crippen LogP contribution < -0.4 is 5.32 Å². The van der Waals surface area contributed by atoms with E-state index < -0.39 is 0 Å². The maximum Gasteiger partial charge on any atom is 0.225 e. The molecule has 1 amide bonds. The first-order valence-electron chi connectivity index (χ1n) is 6.59. The average Bonchev–Trinajstić information content (AvgIpc) is 2.25. The van der Waals surface area contributed by atoms with E-state index in [1.807, 2.05) is 20.8 Å². The van der Waals surface area contributed by atoms with E-state index in [-0.39, 0.29) is 11.3 Å². The fraction of sp³-hybridized carbons (Fsp3) is 0.923. The molecular weight excluding hydrogens is 214 g/mol. The van der Waals surface area contributed by atoms with Crippen molar-refractivity contribution in [2.24, 2.45) is 5.41 Å². The minimum absolute atomic E-state index is 0.149.